The summed E-state index contributed by atoms with van der Waals surface area (Å²) < 4.78 is 40.7. The Morgan fingerprint density at radius 3 is 2.31 bits per heavy atom. The summed E-state index contributed by atoms with van der Waals surface area (Å²) in [6.45, 7) is 0. The molecule has 0 radical (unpaired) electrons. The molecule has 36 heavy (non-hydrogen) atoms. The fourth-order valence-corrected chi connectivity index (χ4v) is 9.60. The van der Waals surface area contributed by atoms with Gasteiger partial charge in [0.05, 0.1) is 5.60 Å². The van der Waals surface area contributed by atoms with Gasteiger partial charge in [-0.3, -0.25) is 4.18 Å². The van der Waals surface area contributed by atoms with Crippen LogP contribution in [-0.4, -0.2) is 39.7 Å². The van der Waals surface area contributed by atoms with Crippen molar-refractivity contribution in [3.05, 3.63) is 36.4 Å². The highest BCUT2D eigenvalue weighted by atomic mass is 32.2. The fourth-order valence-electron chi connectivity index (χ4n) is 8.15. The molecule has 0 aromatic heterocycles. The van der Waals surface area contributed by atoms with Gasteiger partial charge in [0, 0.05) is 55.2 Å². The number of anilines is 1. The summed E-state index contributed by atoms with van der Waals surface area (Å²) in [6.07, 6.45) is 9.06. The van der Waals surface area contributed by atoms with Crippen LogP contribution in [0.5, 0.6) is 0 Å². The lowest BCUT2D eigenvalue weighted by atomic mass is 9.51. The van der Waals surface area contributed by atoms with E-state index in [0.29, 0.717) is 24.1 Å². The van der Waals surface area contributed by atoms with Crippen LogP contribution in [0.15, 0.2) is 41.3 Å². The van der Waals surface area contributed by atoms with Crippen LogP contribution in [0.4, 0.5) is 5.69 Å². The number of fused-ring (bicyclic) bond motifs is 1. The monoisotopic (exact) mass is 513 g/mol. The first kappa shape index (κ1) is 23.4. The Balaban J connectivity index is 1.20. The predicted octanol–water partition coefficient (Wildman–Crippen LogP) is 5.52. The summed E-state index contributed by atoms with van der Waals surface area (Å²) in [4.78, 5) is 14.3. The van der Waals surface area contributed by atoms with E-state index in [4.69, 9.17) is 18.7 Å². The number of rotatable bonds is 4. The largest absolute Gasteiger partial charge is 0.377 e. The van der Waals surface area contributed by atoms with Crippen LogP contribution >= 0.6 is 0 Å². The first-order valence-electron chi connectivity index (χ1n) is 13.5. The van der Waals surface area contributed by atoms with Gasteiger partial charge in [-0.05, 0) is 63.0 Å². The molecule has 2 aromatic carbocycles. The fraction of sp³-hybridized carbons (Fsp3) is 0.643. The van der Waals surface area contributed by atoms with Crippen molar-refractivity contribution in [2.45, 2.75) is 86.3 Å². The number of benzene rings is 2. The van der Waals surface area contributed by atoms with E-state index >= 15 is 0 Å². The van der Waals surface area contributed by atoms with Crippen LogP contribution in [0.1, 0.15) is 64.2 Å². The molecule has 0 N–H and O–H groups in total. The van der Waals surface area contributed by atoms with Gasteiger partial charge in [0.2, 0.25) is 11.6 Å². The zero-order valence-electron chi connectivity index (χ0n) is 21.1. The van der Waals surface area contributed by atoms with Crippen LogP contribution in [0, 0.1) is 17.8 Å². The van der Waals surface area contributed by atoms with Crippen molar-refractivity contribution in [2.75, 3.05) is 19.0 Å². The van der Waals surface area contributed by atoms with Gasteiger partial charge in [-0.2, -0.15) is 18.2 Å². The third kappa shape index (κ3) is 3.41. The lowest BCUT2D eigenvalue weighted by molar-refractivity contribution is -0.396. The van der Waals surface area contributed by atoms with Gasteiger partial charge in [-0.25, -0.2) is 0 Å². The Morgan fingerprint density at radius 2 is 1.58 bits per heavy atom. The molecule has 8 heteroatoms. The second kappa shape index (κ2) is 7.90. The number of ether oxygens (including phenoxy) is 1. The smallest absolute Gasteiger partial charge is 0.298 e. The van der Waals surface area contributed by atoms with Crippen LogP contribution in [0.2, 0.25) is 0 Å². The molecular formula is C28H35NO6S. The summed E-state index contributed by atoms with van der Waals surface area (Å²) in [6, 6.07) is 11.2. The maximum atomic E-state index is 13.8. The summed E-state index contributed by atoms with van der Waals surface area (Å²) in [5.41, 5.74) is 0.269. The van der Waals surface area contributed by atoms with E-state index in [1.165, 1.54) is 6.42 Å². The van der Waals surface area contributed by atoms with Gasteiger partial charge < -0.3 is 9.64 Å². The van der Waals surface area contributed by atoms with Crippen molar-refractivity contribution < 1.29 is 27.1 Å². The zero-order chi connectivity index (χ0) is 24.8. The molecule has 5 atom stereocenters. The molecule has 6 fully saturated rings. The Kier molecular flexibility index (Phi) is 5.14. The highest BCUT2D eigenvalue weighted by molar-refractivity contribution is 7.87. The van der Waals surface area contributed by atoms with E-state index in [0.717, 1.165) is 56.0 Å². The molecule has 1 aliphatic heterocycles. The molecule has 194 valence electrons. The number of nitrogens with zero attached hydrogens (tertiary/aromatic N) is 1. The van der Waals surface area contributed by atoms with Crippen molar-refractivity contribution >= 4 is 26.6 Å². The summed E-state index contributed by atoms with van der Waals surface area (Å²) in [7, 11) is -0.0567. The van der Waals surface area contributed by atoms with Gasteiger partial charge in [-0.15, -0.1) is 0 Å². The maximum absolute atomic E-state index is 13.8. The maximum Gasteiger partial charge on any atom is 0.298 e. The minimum absolute atomic E-state index is 0.0770. The Bertz CT molecular complexity index is 1280. The molecule has 8 rings (SSSR count). The lowest BCUT2D eigenvalue weighted by Crippen LogP contribution is -2.65. The van der Waals surface area contributed by atoms with Gasteiger partial charge in [-0.1, -0.05) is 30.7 Å². The summed E-state index contributed by atoms with van der Waals surface area (Å²) in [5, 5.41) is 1.60. The first-order chi connectivity index (χ1) is 17.2. The average Bonchev–Trinajstić information content (AvgIpc) is 3.20. The second-order valence-corrected chi connectivity index (χ2v) is 13.6. The average molecular weight is 514 g/mol. The van der Waals surface area contributed by atoms with Gasteiger partial charge in [0.1, 0.15) is 4.90 Å². The Hall–Kier alpha value is -1.71. The van der Waals surface area contributed by atoms with E-state index in [9.17, 15) is 8.42 Å². The van der Waals surface area contributed by atoms with Crippen molar-refractivity contribution in [1.82, 2.24) is 0 Å². The van der Waals surface area contributed by atoms with Crippen molar-refractivity contribution in [2.24, 2.45) is 17.8 Å². The van der Waals surface area contributed by atoms with E-state index in [1.54, 1.807) is 12.1 Å². The third-order valence-electron chi connectivity index (χ3n) is 9.45. The Morgan fingerprint density at radius 1 is 0.889 bits per heavy atom. The highest BCUT2D eigenvalue weighted by Crippen LogP contribution is 2.66. The normalized spacial score (nSPS) is 36.8. The van der Waals surface area contributed by atoms with E-state index < -0.39 is 27.3 Å². The molecule has 4 bridgehead atoms. The standard InChI is InChI=1S/C28H35NO6S/c1-29(2)24-10-6-9-23-22(24)8-7-11-25(23)36(30,31)35-26-16-19-14-20(17-26)28(21(15-19)18-26)32-27(33-34-28)12-4-3-5-13-27/h6-11,19-21H,3-5,12-18H2,1-2H3/t19?,20-,21+,26?,28?. The van der Waals surface area contributed by atoms with Gasteiger partial charge in [0.15, 0.2) is 0 Å². The van der Waals surface area contributed by atoms with Crippen LogP contribution in [0.3, 0.4) is 0 Å². The first-order valence-corrected chi connectivity index (χ1v) is 14.9. The van der Waals surface area contributed by atoms with E-state index in [-0.39, 0.29) is 16.7 Å². The van der Waals surface area contributed by atoms with Crippen molar-refractivity contribution in [3.63, 3.8) is 0 Å². The van der Waals surface area contributed by atoms with Crippen molar-refractivity contribution in [3.8, 4) is 0 Å². The van der Waals surface area contributed by atoms with Crippen LogP contribution in [-0.2, 0) is 28.8 Å². The molecule has 1 saturated heterocycles. The summed E-state index contributed by atoms with van der Waals surface area (Å²) >= 11 is 0. The van der Waals surface area contributed by atoms with Crippen molar-refractivity contribution in [1.29, 1.82) is 0 Å². The Labute approximate surface area is 213 Å². The molecule has 3 unspecified atom stereocenters. The van der Waals surface area contributed by atoms with Gasteiger partial charge >= 0.3 is 0 Å². The zero-order valence-corrected chi connectivity index (χ0v) is 21.9. The van der Waals surface area contributed by atoms with Crippen LogP contribution in [0.25, 0.3) is 10.8 Å². The molecule has 6 aliphatic rings. The predicted molar refractivity (Wildman–Crippen MR) is 135 cm³/mol. The molecule has 2 aromatic rings. The van der Waals surface area contributed by atoms with Crippen LogP contribution < -0.4 is 4.90 Å². The minimum Gasteiger partial charge on any atom is -0.377 e. The molecule has 2 spiro atoms. The molecular weight excluding hydrogens is 478 g/mol. The number of hydrogen-bond acceptors (Lipinski definition) is 7. The summed E-state index contributed by atoms with van der Waals surface area (Å²) in [5.74, 6) is -0.807. The quantitative estimate of drug-likeness (QED) is 0.393. The topological polar surface area (TPSA) is 74.3 Å². The second-order valence-electron chi connectivity index (χ2n) is 12.0. The SMILES string of the molecule is CN(C)c1cccc2c(S(=O)(=O)OC34CC5C[C@H](C3)C3(OOC6(CCCCC6)O3)[C@@H](C5)C4)cccc12. The molecule has 7 nitrogen and oxygen atoms in total. The third-order valence-corrected chi connectivity index (χ3v) is 10.9. The molecule has 5 saturated carbocycles. The van der Waals surface area contributed by atoms with E-state index in [1.807, 2.05) is 43.3 Å². The van der Waals surface area contributed by atoms with Gasteiger partial charge in [0.25, 0.3) is 10.1 Å². The molecule has 5 aliphatic carbocycles. The molecule has 0 amide bonds. The minimum atomic E-state index is -3.99. The number of hydrogen-bond donors (Lipinski definition) is 0. The lowest BCUT2D eigenvalue weighted by Gasteiger charge is -2.61. The van der Waals surface area contributed by atoms with E-state index in [2.05, 4.69) is 0 Å². The highest BCUT2D eigenvalue weighted by Gasteiger charge is 2.70. The molecule has 1 heterocycles.